The van der Waals surface area contributed by atoms with Crippen LogP contribution in [0.4, 0.5) is 21.5 Å². The van der Waals surface area contributed by atoms with Crippen LogP contribution in [0.5, 0.6) is 0 Å². The fourth-order valence-corrected chi connectivity index (χ4v) is 9.15. The van der Waals surface area contributed by atoms with Crippen molar-refractivity contribution >= 4 is 63.9 Å². The van der Waals surface area contributed by atoms with Gasteiger partial charge in [-0.2, -0.15) is 0 Å². The highest BCUT2D eigenvalue weighted by atomic mass is 35.5. The molecule has 0 bridgehead atoms. The van der Waals surface area contributed by atoms with Crippen molar-refractivity contribution < 1.29 is 37.8 Å². The van der Waals surface area contributed by atoms with Gasteiger partial charge in [0.2, 0.25) is 11.8 Å². The average molecular weight is 695 g/mol. The van der Waals surface area contributed by atoms with Gasteiger partial charge in [-0.15, -0.1) is 23.2 Å². The largest absolute Gasteiger partial charge is 0.463 e. The number of benzene rings is 2. The number of furan rings is 1. The van der Waals surface area contributed by atoms with Gasteiger partial charge >= 0.3 is 0 Å². The van der Waals surface area contributed by atoms with Crippen LogP contribution >= 0.6 is 23.2 Å². The van der Waals surface area contributed by atoms with Gasteiger partial charge in [-0.1, -0.05) is 11.6 Å². The summed E-state index contributed by atoms with van der Waals surface area (Å²) >= 11 is 14.7. The van der Waals surface area contributed by atoms with E-state index in [-0.39, 0.29) is 36.0 Å². The maximum atomic E-state index is 14.4. The summed E-state index contributed by atoms with van der Waals surface area (Å²) in [5.41, 5.74) is 2.04. The standard InChI is InChI=1S/C35H30Cl2FN3O7/c36-34-17-26-24(10-11-25-28(26)31(44)40(30(25)43)21-7-5-20(6-8-21)39-13-15-47-16-14-39)29(27-12-9-23(18-42)48-27)35(34,37)33(46)41(32(34)45)22-3-1-19(38)2-4-22/h1-10,12,25-26,28-29,42H,11,13-18H2. The normalized spacial score (nSPS) is 31.6. The number of carbonyl (C=O) groups is 4. The van der Waals surface area contributed by atoms with E-state index in [4.69, 9.17) is 32.4 Å². The molecular formula is C35H30Cl2FN3O7. The highest BCUT2D eigenvalue weighted by Gasteiger charge is 2.77. The van der Waals surface area contributed by atoms with Gasteiger partial charge in [0.15, 0.2) is 9.75 Å². The molecule has 0 radical (unpaired) electrons. The van der Waals surface area contributed by atoms with Gasteiger partial charge < -0.3 is 19.2 Å². The summed E-state index contributed by atoms with van der Waals surface area (Å²) in [5, 5.41) is 9.78. The Balaban J connectivity index is 1.20. The Bertz CT molecular complexity index is 1870. The Labute approximate surface area is 284 Å². The molecule has 13 heteroatoms. The molecule has 248 valence electrons. The summed E-state index contributed by atoms with van der Waals surface area (Å²) in [6.07, 6.45) is 1.80. The SMILES string of the molecule is O=C1C2CC=C3C(CC4(Cl)C(=O)N(c5ccc(F)cc5)C(=O)C4(Cl)C3c3ccc(CO)o3)C2C(=O)N1c1ccc(N2CCOCC2)cc1. The van der Waals surface area contributed by atoms with Gasteiger partial charge in [-0.05, 0) is 79.4 Å². The molecule has 2 aromatic carbocycles. The number of aliphatic hydroxyl groups excluding tert-OH is 1. The molecule has 1 aromatic heterocycles. The van der Waals surface area contributed by atoms with Crippen LogP contribution in [0.15, 0.2) is 76.7 Å². The van der Waals surface area contributed by atoms with Crippen molar-refractivity contribution in [2.45, 2.75) is 35.1 Å². The van der Waals surface area contributed by atoms with Crippen molar-refractivity contribution in [2.75, 3.05) is 41.0 Å². The molecule has 4 fully saturated rings. The molecule has 0 spiro atoms. The van der Waals surface area contributed by atoms with E-state index in [0.717, 1.165) is 35.8 Å². The van der Waals surface area contributed by atoms with Crippen LogP contribution in [0.1, 0.15) is 30.3 Å². The lowest BCUT2D eigenvalue weighted by molar-refractivity contribution is -0.125. The molecule has 4 heterocycles. The fourth-order valence-electron chi connectivity index (χ4n) is 8.23. The molecule has 6 unspecified atom stereocenters. The maximum Gasteiger partial charge on any atom is 0.258 e. The Morgan fingerprint density at radius 2 is 1.46 bits per heavy atom. The number of amides is 4. The van der Waals surface area contributed by atoms with E-state index in [9.17, 15) is 28.7 Å². The monoisotopic (exact) mass is 693 g/mol. The number of rotatable bonds is 5. The molecule has 4 amide bonds. The maximum absolute atomic E-state index is 14.4. The van der Waals surface area contributed by atoms with Crippen LogP contribution in [0.3, 0.4) is 0 Å². The second-order valence-corrected chi connectivity index (χ2v) is 14.1. The number of hydrogen-bond acceptors (Lipinski definition) is 8. The molecule has 3 saturated heterocycles. The molecule has 3 aliphatic heterocycles. The van der Waals surface area contributed by atoms with Gasteiger partial charge in [0, 0.05) is 18.8 Å². The van der Waals surface area contributed by atoms with E-state index in [1.807, 2.05) is 18.2 Å². The van der Waals surface area contributed by atoms with Crippen molar-refractivity contribution in [3.05, 3.63) is 89.7 Å². The molecule has 3 aromatic rings. The topological polar surface area (TPSA) is 121 Å². The molecule has 2 aliphatic carbocycles. The molecule has 48 heavy (non-hydrogen) atoms. The van der Waals surface area contributed by atoms with Crippen molar-refractivity contribution in [2.24, 2.45) is 17.8 Å². The Morgan fingerprint density at radius 3 is 2.12 bits per heavy atom. The minimum Gasteiger partial charge on any atom is -0.463 e. The first-order chi connectivity index (χ1) is 23.1. The number of fused-ring (bicyclic) bond motifs is 4. The number of anilines is 3. The van der Waals surface area contributed by atoms with E-state index in [2.05, 4.69) is 4.90 Å². The van der Waals surface area contributed by atoms with E-state index in [1.165, 1.54) is 23.1 Å². The number of carbonyl (C=O) groups excluding carboxylic acids is 4. The van der Waals surface area contributed by atoms with Crippen LogP contribution < -0.4 is 14.7 Å². The lowest BCUT2D eigenvalue weighted by Crippen LogP contribution is -2.60. The molecule has 1 saturated carbocycles. The fraction of sp³-hybridized carbons (Fsp3) is 0.371. The van der Waals surface area contributed by atoms with Crippen LogP contribution in [0.25, 0.3) is 0 Å². The lowest BCUT2D eigenvalue weighted by atomic mass is 9.57. The van der Waals surface area contributed by atoms with E-state index < -0.39 is 63.6 Å². The minimum absolute atomic E-state index is 0.0868. The van der Waals surface area contributed by atoms with E-state index in [0.29, 0.717) is 24.5 Å². The number of morpholine rings is 1. The number of halogens is 3. The van der Waals surface area contributed by atoms with Gasteiger partial charge in [-0.3, -0.25) is 24.1 Å². The number of hydrogen-bond donors (Lipinski definition) is 1. The molecular weight excluding hydrogens is 664 g/mol. The first-order valence-corrected chi connectivity index (χ1v) is 16.6. The number of ether oxygens (including phenoxy) is 1. The molecule has 6 atom stereocenters. The van der Waals surface area contributed by atoms with Gasteiger partial charge in [0.1, 0.15) is 23.9 Å². The van der Waals surface area contributed by atoms with Crippen LogP contribution in [-0.4, -0.2) is 64.8 Å². The zero-order valence-electron chi connectivity index (χ0n) is 25.5. The summed E-state index contributed by atoms with van der Waals surface area (Å²) in [7, 11) is 0. The molecule has 10 nitrogen and oxygen atoms in total. The number of alkyl halides is 2. The van der Waals surface area contributed by atoms with Crippen molar-refractivity contribution in [3.63, 3.8) is 0 Å². The number of aliphatic hydroxyl groups is 1. The average Bonchev–Trinajstić information content (AvgIpc) is 3.72. The highest BCUT2D eigenvalue weighted by molar-refractivity contribution is 6.58. The number of imide groups is 2. The quantitative estimate of drug-likeness (QED) is 0.236. The predicted molar refractivity (Wildman–Crippen MR) is 173 cm³/mol. The molecule has 1 N–H and O–H groups in total. The van der Waals surface area contributed by atoms with Gasteiger partial charge in [-0.25, -0.2) is 9.29 Å². The zero-order chi connectivity index (χ0) is 33.5. The van der Waals surface area contributed by atoms with Crippen molar-refractivity contribution in [3.8, 4) is 0 Å². The minimum atomic E-state index is -2.11. The Hall–Kier alpha value is -4.03. The summed E-state index contributed by atoms with van der Waals surface area (Å²) in [6, 6.07) is 15.2. The first-order valence-electron chi connectivity index (χ1n) is 15.8. The first kappa shape index (κ1) is 31.3. The lowest BCUT2D eigenvalue weighted by Gasteiger charge is -2.49. The van der Waals surface area contributed by atoms with Gasteiger partial charge in [0.05, 0.1) is 42.3 Å². The van der Waals surface area contributed by atoms with Crippen LogP contribution in [-0.2, 0) is 30.5 Å². The second-order valence-electron chi connectivity index (χ2n) is 12.8. The number of allylic oxidation sites excluding steroid dienone is 2. The smallest absolute Gasteiger partial charge is 0.258 e. The summed E-state index contributed by atoms with van der Waals surface area (Å²) in [4.78, 5) is 57.0. The summed E-state index contributed by atoms with van der Waals surface area (Å²) in [6.45, 7) is 2.28. The second kappa shape index (κ2) is 11.3. The third-order valence-electron chi connectivity index (χ3n) is 10.5. The predicted octanol–water partition coefficient (Wildman–Crippen LogP) is 4.52. The third-order valence-corrected chi connectivity index (χ3v) is 11.9. The Morgan fingerprint density at radius 1 is 0.812 bits per heavy atom. The van der Waals surface area contributed by atoms with Gasteiger partial charge in [0.25, 0.3) is 11.8 Å². The van der Waals surface area contributed by atoms with E-state index >= 15 is 0 Å². The van der Waals surface area contributed by atoms with Crippen molar-refractivity contribution in [1.29, 1.82) is 0 Å². The van der Waals surface area contributed by atoms with Crippen LogP contribution in [0.2, 0.25) is 0 Å². The highest BCUT2D eigenvalue weighted by Crippen LogP contribution is 2.66. The van der Waals surface area contributed by atoms with Crippen LogP contribution in [0, 0.1) is 23.6 Å². The Kier molecular flexibility index (Phi) is 7.33. The number of nitrogens with zero attached hydrogens (tertiary/aromatic N) is 3. The third kappa shape index (κ3) is 4.30. The van der Waals surface area contributed by atoms with E-state index in [1.54, 1.807) is 18.2 Å². The summed E-state index contributed by atoms with van der Waals surface area (Å²) in [5.74, 6) is -6.08. The molecule has 8 rings (SSSR count). The van der Waals surface area contributed by atoms with Crippen molar-refractivity contribution in [1.82, 2.24) is 0 Å². The summed E-state index contributed by atoms with van der Waals surface area (Å²) < 4.78 is 25.2. The zero-order valence-corrected chi connectivity index (χ0v) is 27.0. The molecule has 5 aliphatic rings.